The number of hydrogen-bond acceptors (Lipinski definition) is 6. The van der Waals surface area contributed by atoms with Gasteiger partial charge in [-0.25, -0.2) is 14.8 Å². The highest BCUT2D eigenvalue weighted by atomic mass is 16.5. The Bertz CT molecular complexity index is 817. The van der Waals surface area contributed by atoms with E-state index in [-0.39, 0.29) is 12.3 Å². The molecule has 1 aliphatic rings. The van der Waals surface area contributed by atoms with Gasteiger partial charge in [-0.15, -0.1) is 0 Å². The molecule has 0 atom stereocenters. The Labute approximate surface area is 164 Å². The van der Waals surface area contributed by atoms with Crippen molar-refractivity contribution in [3.63, 3.8) is 0 Å². The number of anilines is 2. The molecule has 0 radical (unpaired) electrons. The minimum absolute atomic E-state index is 0.241. The van der Waals surface area contributed by atoms with Gasteiger partial charge < -0.3 is 15.4 Å². The van der Waals surface area contributed by atoms with E-state index in [0.29, 0.717) is 23.2 Å². The summed E-state index contributed by atoms with van der Waals surface area (Å²) in [4.78, 5) is 33.3. The number of carbonyl (C=O) groups excluding carboxylic acids is 2. The second kappa shape index (κ2) is 9.82. The van der Waals surface area contributed by atoms with Gasteiger partial charge in [-0.3, -0.25) is 4.79 Å². The molecule has 1 fully saturated rings. The summed E-state index contributed by atoms with van der Waals surface area (Å²) in [5.41, 5.74) is 0.941. The Kier molecular flexibility index (Phi) is 6.94. The minimum atomic E-state index is -0.475. The molecule has 0 saturated heterocycles. The lowest BCUT2D eigenvalue weighted by atomic mass is 10.1. The van der Waals surface area contributed by atoms with Crippen LogP contribution in [0.25, 0.3) is 0 Å². The maximum atomic E-state index is 12.7. The van der Waals surface area contributed by atoms with Crippen molar-refractivity contribution < 1.29 is 14.3 Å². The van der Waals surface area contributed by atoms with E-state index < -0.39 is 11.9 Å². The first-order valence-corrected chi connectivity index (χ1v) is 9.84. The minimum Gasteiger partial charge on any atom is -0.462 e. The van der Waals surface area contributed by atoms with Crippen LogP contribution in [0.5, 0.6) is 0 Å². The molecule has 1 saturated carbocycles. The van der Waals surface area contributed by atoms with Gasteiger partial charge in [-0.05, 0) is 38.0 Å². The summed E-state index contributed by atoms with van der Waals surface area (Å²) < 4.78 is 5.04. The maximum Gasteiger partial charge on any atom is 0.340 e. The van der Waals surface area contributed by atoms with Crippen molar-refractivity contribution in [3.8, 4) is 0 Å². The van der Waals surface area contributed by atoms with E-state index in [0.717, 1.165) is 12.8 Å². The van der Waals surface area contributed by atoms with Crippen molar-refractivity contribution in [1.82, 2.24) is 9.97 Å². The highest BCUT2D eigenvalue weighted by Gasteiger charge is 2.17. The Morgan fingerprint density at radius 1 is 1.11 bits per heavy atom. The fraction of sp³-hybridized carbons (Fsp3) is 0.429. The molecule has 1 aliphatic carbocycles. The van der Waals surface area contributed by atoms with Gasteiger partial charge in [0.25, 0.3) is 5.91 Å². The van der Waals surface area contributed by atoms with Crippen molar-refractivity contribution in [2.45, 2.75) is 51.5 Å². The third-order valence-electron chi connectivity index (χ3n) is 4.75. The zero-order valence-electron chi connectivity index (χ0n) is 16.1. The number of nitrogens with one attached hydrogen (secondary N) is 2. The van der Waals surface area contributed by atoms with E-state index in [1.807, 2.05) is 0 Å². The fourth-order valence-electron chi connectivity index (χ4n) is 3.33. The van der Waals surface area contributed by atoms with Gasteiger partial charge >= 0.3 is 5.97 Å². The number of benzene rings is 1. The standard InChI is InChI=1S/C21H26N4O3/c1-2-28-20(27)16-11-7-8-12-17(16)24-19(26)18-13-14-22-21(25-18)23-15-9-5-3-4-6-10-15/h7-8,11-15H,2-6,9-10H2,1H3,(H,24,26)(H,22,23,25). The number of esters is 1. The van der Waals surface area contributed by atoms with Crippen LogP contribution in [-0.2, 0) is 4.74 Å². The molecule has 0 unspecified atom stereocenters. The van der Waals surface area contributed by atoms with Crippen LogP contribution in [0, 0.1) is 0 Å². The van der Waals surface area contributed by atoms with Crippen LogP contribution in [0.2, 0.25) is 0 Å². The number of ether oxygens (including phenoxy) is 1. The van der Waals surface area contributed by atoms with Crippen LogP contribution >= 0.6 is 0 Å². The Balaban J connectivity index is 1.71. The Hall–Kier alpha value is -2.96. The molecule has 7 nitrogen and oxygen atoms in total. The number of rotatable bonds is 6. The number of hydrogen-bond donors (Lipinski definition) is 2. The second-order valence-corrected chi connectivity index (χ2v) is 6.82. The zero-order valence-corrected chi connectivity index (χ0v) is 16.1. The van der Waals surface area contributed by atoms with Crippen molar-refractivity contribution in [3.05, 3.63) is 47.8 Å². The fourth-order valence-corrected chi connectivity index (χ4v) is 3.33. The molecular formula is C21H26N4O3. The number of amides is 1. The first-order valence-electron chi connectivity index (χ1n) is 9.84. The highest BCUT2D eigenvalue weighted by molar-refractivity contribution is 6.07. The van der Waals surface area contributed by atoms with E-state index in [4.69, 9.17) is 4.74 Å². The van der Waals surface area contributed by atoms with Gasteiger partial charge in [-0.2, -0.15) is 0 Å². The summed E-state index contributed by atoms with van der Waals surface area (Å²) in [6, 6.07) is 8.65. The maximum absolute atomic E-state index is 12.7. The van der Waals surface area contributed by atoms with E-state index >= 15 is 0 Å². The quantitative estimate of drug-likeness (QED) is 0.578. The molecule has 0 bridgehead atoms. The second-order valence-electron chi connectivity index (χ2n) is 6.82. The smallest absolute Gasteiger partial charge is 0.340 e. The average Bonchev–Trinajstić information content (AvgIpc) is 2.97. The lowest BCUT2D eigenvalue weighted by Crippen LogP contribution is -2.22. The first-order chi connectivity index (χ1) is 13.7. The van der Waals surface area contributed by atoms with E-state index in [1.165, 1.54) is 25.7 Å². The van der Waals surface area contributed by atoms with Gasteiger partial charge in [0.1, 0.15) is 5.69 Å². The average molecular weight is 382 g/mol. The predicted molar refractivity (Wildman–Crippen MR) is 107 cm³/mol. The molecule has 0 spiro atoms. The van der Waals surface area contributed by atoms with Crippen molar-refractivity contribution in [2.24, 2.45) is 0 Å². The van der Waals surface area contributed by atoms with Gasteiger partial charge in [-0.1, -0.05) is 37.8 Å². The summed E-state index contributed by atoms with van der Waals surface area (Å²) in [5.74, 6) is -0.418. The molecule has 3 rings (SSSR count). The normalized spacial score (nSPS) is 14.8. The number of aromatic nitrogens is 2. The molecule has 1 amide bonds. The summed E-state index contributed by atoms with van der Waals surface area (Å²) >= 11 is 0. The number of para-hydroxylation sites is 1. The molecular weight excluding hydrogens is 356 g/mol. The third kappa shape index (κ3) is 5.28. The Morgan fingerprint density at radius 3 is 2.61 bits per heavy atom. The van der Waals surface area contributed by atoms with Crippen LogP contribution in [0.15, 0.2) is 36.5 Å². The van der Waals surface area contributed by atoms with Gasteiger partial charge in [0.05, 0.1) is 17.9 Å². The molecule has 1 heterocycles. The highest BCUT2D eigenvalue weighted by Crippen LogP contribution is 2.20. The lowest BCUT2D eigenvalue weighted by molar-refractivity contribution is 0.0527. The van der Waals surface area contributed by atoms with Crippen molar-refractivity contribution in [1.29, 1.82) is 0 Å². The largest absolute Gasteiger partial charge is 0.462 e. The molecule has 7 heteroatoms. The van der Waals surface area contributed by atoms with E-state index in [9.17, 15) is 9.59 Å². The first kappa shape index (κ1) is 19.8. The molecule has 2 N–H and O–H groups in total. The molecule has 0 aliphatic heterocycles. The predicted octanol–water partition coefficient (Wildman–Crippen LogP) is 4.04. The monoisotopic (exact) mass is 382 g/mol. The van der Waals surface area contributed by atoms with E-state index in [1.54, 1.807) is 43.5 Å². The number of nitrogens with zero attached hydrogens (tertiary/aromatic N) is 2. The van der Waals surface area contributed by atoms with Crippen LogP contribution in [0.4, 0.5) is 11.6 Å². The van der Waals surface area contributed by atoms with Crippen molar-refractivity contribution in [2.75, 3.05) is 17.2 Å². The summed E-state index contributed by atoms with van der Waals surface area (Å²) in [5, 5.41) is 6.10. The molecule has 1 aromatic heterocycles. The Morgan fingerprint density at radius 2 is 1.86 bits per heavy atom. The molecule has 1 aromatic carbocycles. The van der Waals surface area contributed by atoms with Gasteiger partial charge in [0.15, 0.2) is 0 Å². The van der Waals surface area contributed by atoms with E-state index in [2.05, 4.69) is 20.6 Å². The van der Waals surface area contributed by atoms with Crippen molar-refractivity contribution >= 4 is 23.5 Å². The molecule has 28 heavy (non-hydrogen) atoms. The van der Waals surface area contributed by atoms with Crippen LogP contribution < -0.4 is 10.6 Å². The molecule has 2 aromatic rings. The molecule has 148 valence electrons. The van der Waals surface area contributed by atoms with Crippen LogP contribution in [-0.4, -0.2) is 34.5 Å². The topological polar surface area (TPSA) is 93.2 Å². The third-order valence-corrected chi connectivity index (χ3v) is 4.75. The summed E-state index contributed by atoms with van der Waals surface area (Å²) in [6.07, 6.45) is 8.67. The number of carbonyl (C=O) groups is 2. The summed E-state index contributed by atoms with van der Waals surface area (Å²) in [7, 11) is 0. The van der Waals surface area contributed by atoms with Gasteiger partial charge in [0.2, 0.25) is 5.95 Å². The summed E-state index contributed by atoms with van der Waals surface area (Å²) in [6.45, 7) is 2.01. The van der Waals surface area contributed by atoms with Gasteiger partial charge in [0, 0.05) is 12.2 Å². The van der Waals surface area contributed by atoms with Crippen LogP contribution in [0.3, 0.4) is 0 Å². The lowest BCUT2D eigenvalue weighted by Gasteiger charge is -2.16. The zero-order chi connectivity index (χ0) is 19.8. The van der Waals surface area contributed by atoms with Crippen LogP contribution in [0.1, 0.15) is 66.3 Å². The SMILES string of the molecule is CCOC(=O)c1ccccc1NC(=O)c1ccnc(NC2CCCCCC2)n1.